The summed E-state index contributed by atoms with van der Waals surface area (Å²) in [7, 11) is 1.94. The highest BCUT2D eigenvalue weighted by atomic mass is 16.5. The predicted molar refractivity (Wildman–Crippen MR) is 78.0 cm³/mol. The van der Waals surface area contributed by atoms with Crippen molar-refractivity contribution in [2.45, 2.75) is 26.3 Å². The van der Waals surface area contributed by atoms with Crippen LogP contribution < -0.4 is 11.1 Å². The zero-order valence-electron chi connectivity index (χ0n) is 12.3. The minimum atomic E-state index is 0.136. The van der Waals surface area contributed by atoms with Crippen LogP contribution in [0.5, 0.6) is 0 Å². The predicted octanol–water partition coefficient (Wildman–Crippen LogP) is 1.16. The lowest BCUT2D eigenvalue weighted by Crippen LogP contribution is -2.31. The first-order valence-electron chi connectivity index (χ1n) is 6.76. The normalized spacial score (nSPS) is 12.6. The smallest absolute Gasteiger partial charge is 0.0672 e. The molecule has 0 saturated carbocycles. The molecular weight excluding hydrogens is 240 g/mol. The van der Waals surface area contributed by atoms with Gasteiger partial charge in [-0.3, -0.25) is 4.68 Å². The summed E-state index contributed by atoms with van der Waals surface area (Å²) in [6, 6.07) is 0.136. The average Bonchev–Trinajstić information content (AvgIpc) is 2.74. The van der Waals surface area contributed by atoms with E-state index in [1.165, 1.54) is 5.56 Å². The molecule has 0 bridgehead atoms. The number of aryl methyl sites for hydroxylation is 2. The van der Waals surface area contributed by atoms with Crippen LogP contribution in [0.25, 0.3) is 0 Å². The van der Waals surface area contributed by atoms with Crippen LogP contribution in [0.15, 0.2) is 18.3 Å². The Morgan fingerprint density at radius 2 is 2.37 bits per heavy atom. The van der Waals surface area contributed by atoms with Gasteiger partial charge in [0.05, 0.1) is 18.9 Å². The quantitative estimate of drug-likeness (QED) is 0.520. The number of aromatic nitrogens is 2. The van der Waals surface area contributed by atoms with Crippen LogP contribution in [-0.2, 0) is 18.2 Å². The van der Waals surface area contributed by atoms with Crippen molar-refractivity contribution in [3.05, 3.63) is 29.6 Å². The van der Waals surface area contributed by atoms with Crippen molar-refractivity contribution in [2.75, 3.05) is 26.3 Å². The second-order valence-corrected chi connectivity index (χ2v) is 4.81. The van der Waals surface area contributed by atoms with Gasteiger partial charge in [0.1, 0.15) is 0 Å². The fourth-order valence-electron chi connectivity index (χ4n) is 1.99. The fourth-order valence-corrected chi connectivity index (χ4v) is 1.99. The van der Waals surface area contributed by atoms with Gasteiger partial charge in [-0.1, -0.05) is 19.1 Å². The minimum Gasteiger partial charge on any atom is -0.376 e. The molecule has 0 radical (unpaired) electrons. The standard InChI is InChI=1S/C14H26N4O/c1-5-13-12(9-18(4)17-13)14(8-15)16-6-7-19-10-11(2)3/h9,14,16H,2,5-8,10,15H2,1,3-4H3. The average molecular weight is 266 g/mol. The molecule has 1 aromatic heterocycles. The van der Waals surface area contributed by atoms with Gasteiger partial charge in [-0.2, -0.15) is 5.10 Å². The summed E-state index contributed by atoms with van der Waals surface area (Å²) in [5.74, 6) is 0. The van der Waals surface area contributed by atoms with Crippen LogP contribution in [0.2, 0.25) is 0 Å². The number of ether oxygens (including phenoxy) is 1. The first-order chi connectivity index (χ1) is 9.08. The summed E-state index contributed by atoms with van der Waals surface area (Å²) in [4.78, 5) is 0. The molecule has 5 heteroatoms. The van der Waals surface area contributed by atoms with Crippen molar-refractivity contribution in [3.8, 4) is 0 Å². The highest BCUT2D eigenvalue weighted by molar-refractivity contribution is 5.21. The van der Waals surface area contributed by atoms with E-state index < -0.39 is 0 Å². The van der Waals surface area contributed by atoms with Gasteiger partial charge in [0, 0.05) is 37.9 Å². The van der Waals surface area contributed by atoms with Crippen LogP contribution in [0.3, 0.4) is 0 Å². The molecule has 108 valence electrons. The number of nitrogens with one attached hydrogen (secondary N) is 1. The molecule has 0 fully saturated rings. The topological polar surface area (TPSA) is 65.1 Å². The molecule has 0 aliphatic heterocycles. The molecule has 1 heterocycles. The Balaban J connectivity index is 2.46. The molecule has 19 heavy (non-hydrogen) atoms. The lowest BCUT2D eigenvalue weighted by atomic mass is 10.1. The van der Waals surface area contributed by atoms with E-state index in [1.807, 2.05) is 24.9 Å². The maximum absolute atomic E-state index is 5.85. The molecule has 0 aliphatic rings. The van der Waals surface area contributed by atoms with E-state index >= 15 is 0 Å². The van der Waals surface area contributed by atoms with Crippen LogP contribution in [0, 0.1) is 0 Å². The van der Waals surface area contributed by atoms with Crippen molar-refractivity contribution in [1.29, 1.82) is 0 Å². The van der Waals surface area contributed by atoms with Crippen LogP contribution in [0.1, 0.15) is 31.1 Å². The summed E-state index contributed by atoms with van der Waals surface area (Å²) < 4.78 is 7.31. The summed E-state index contributed by atoms with van der Waals surface area (Å²) in [5.41, 5.74) is 9.18. The highest BCUT2D eigenvalue weighted by Gasteiger charge is 2.15. The third-order valence-corrected chi connectivity index (χ3v) is 2.87. The SMILES string of the molecule is C=C(C)COCCNC(CN)c1cn(C)nc1CC. The van der Waals surface area contributed by atoms with Crippen molar-refractivity contribution in [3.63, 3.8) is 0 Å². The van der Waals surface area contributed by atoms with E-state index in [1.54, 1.807) is 0 Å². The van der Waals surface area contributed by atoms with E-state index in [-0.39, 0.29) is 6.04 Å². The van der Waals surface area contributed by atoms with Crippen LogP contribution in [0.4, 0.5) is 0 Å². The third kappa shape index (κ3) is 5.14. The van der Waals surface area contributed by atoms with Gasteiger partial charge in [0.25, 0.3) is 0 Å². The lowest BCUT2D eigenvalue weighted by molar-refractivity contribution is 0.155. The number of hydrogen-bond acceptors (Lipinski definition) is 4. The summed E-state index contributed by atoms with van der Waals surface area (Å²) in [6.07, 6.45) is 2.96. The molecule has 1 rings (SSSR count). The largest absolute Gasteiger partial charge is 0.376 e. The second-order valence-electron chi connectivity index (χ2n) is 4.81. The first-order valence-corrected chi connectivity index (χ1v) is 6.76. The van der Waals surface area contributed by atoms with Crippen LogP contribution in [-0.4, -0.2) is 36.1 Å². The molecule has 0 spiro atoms. The first kappa shape index (κ1) is 15.9. The number of nitrogens with two attached hydrogens (primary N) is 1. The molecule has 0 saturated heterocycles. The molecule has 0 amide bonds. The Morgan fingerprint density at radius 1 is 1.63 bits per heavy atom. The van der Waals surface area contributed by atoms with Crippen molar-refractivity contribution < 1.29 is 4.74 Å². The molecular formula is C14H26N4O. The second kappa shape index (κ2) is 8.09. The van der Waals surface area contributed by atoms with E-state index in [0.717, 1.165) is 24.2 Å². The van der Waals surface area contributed by atoms with E-state index in [4.69, 9.17) is 10.5 Å². The van der Waals surface area contributed by atoms with Crippen molar-refractivity contribution in [2.24, 2.45) is 12.8 Å². The molecule has 5 nitrogen and oxygen atoms in total. The van der Waals surface area contributed by atoms with E-state index in [2.05, 4.69) is 23.9 Å². The van der Waals surface area contributed by atoms with Crippen molar-refractivity contribution in [1.82, 2.24) is 15.1 Å². The Kier molecular flexibility index (Phi) is 6.77. The number of hydrogen-bond donors (Lipinski definition) is 2. The Labute approximate surface area is 115 Å². The van der Waals surface area contributed by atoms with Crippen molar-refractivity contribution >= 4 is 0 Å². The van der Waals surface area contributed by atoms with Gasteiger partial charge in [-0.25, -0.2) is 0 Å². The summed E-state index contributed by atoms with van der Waals surface area (Å²) in [5, 5.41) is 7.86. The lowest BCUT2D eigenvalue weighted by Gasteiger charge is -2.16. The zero-order chi connectivity index (χ0) is 14.3. The maximum atomic E-state index is 5.85. The monoisotopic (exact) mass is 266 g/mol. The maximum Gasteiger partial charge on any atom is 0.0672 e. The number of rotatable bonds is 9. The zero-order valence-corrected chi connectivity index (χ0v) is 12.3. The van der Waals surface area contributed by atoms with Gasteiger partial charge in [0.15, 0.2) is 0 Å². The van der Waals surface area contributed by atoms with Gasteiger partial charge < -0.3 is 15.8 Å². The van der Waals surface area contributed by atoms with Gasteiger partial charge >= 0.3 is 0 Å². The third-order valence-electron chi connectivity index (χ3n) is 2.87. The van der Waals surface area contributed by atoms with Gasteiger partial charge in [0.2, 0.25) is 0 Å². The Bertz CT molecular complexity index is 400. The van der Waals surface area contributed by atoms with Crippen LogP contribution >= 0.6 is 0 Å². The molecule has 0 aliphatic carbocycles. The Morgan fingerprint density at radius 3 is 2.95 bits per heavy atom. The summed E-state index contributed by atoms with van der Waals surface area (Å²) in [6.45, 7) is 10.5. The highest BCUT2D eigenvalue weighted by Crippen LogP contribution is 2.16. The van der Waals surface area contributed by atoms with Gasteiger partial charge in [-0.05, 0) is 13.3 Å². The molecule has 1 aromatic rings. The molecule has 3 N–H and O–H groups in total. The van der Waals surface area contributed by atoms with Gasteiger partial charge in [-0.15, -0.1) is 0 Å². The Hall–Kier alpha value is -1.17. The van der Waals surface area contributed by atoms with E-state index in [9.17, 15) is 0 Å². The summed E-state index contributed by atoms with van der Waals surface area (Å²) >= 11 is 0. The molecule has 1 unspecified atom stereocenters. The van der Waals surface area contributed by atoms with E-state index in [0.29, 0.717) is 19.8 Å². The number of nitrogens with zero attached hydrogens (tertiary/aromatic N) is 2. The fraction of sp³-hybridized carbons (Fsp3) is 0.643. The molecule has 1 atom stereocenters. The minimum absolute atomic E-state index is 0.136. The molecule has 0 aromatic carbocycles.